The standard InChI is InChI=1S/C15H27NS/c1-4-16(5-2)12-9-7-6-8-10-15-11-13-17-14(15)3/h11,13H,4-10,12H2,1-3H3/i13T. The van der Waals surface area contributed by atoms with Crippen LogP contribution in [0.5, 0.6) is 0 Å². The quantitative estimate of drug-likeness (QED) is 0.587. The molecule has 0 unspecified atom stereocenters. The summed E-state index contributed by atoms with van der Waals surface area (Å²) in [7, 11) is 0. The zero-order valence-corrected chi connectivity index (χ0v) is 12.4. The molecule has 0 fully saturated rings. The van der Waals surface area contributed by atoms with Crippen LogP contribution in [0.15, 0.2) is 11.4 Å². The second-order valence-electron chi connectivity index (χ2n) is 4.64. The topological polar surface area (TPSA) is 3.24 Å². The highest BCUT2D eigenvalue weighted by Crippen LogP contribution is 2.17. The molecule has 98 valence electrons. The lowest BCUT2D eigenvalue weighted by Gasteiger charge is -2.17. The summed E-state index contributed by atoms with van der Waals surface area (Å²) < 4.78 is 7.61. The first-order chi connectivity index (χ1) is 8.67. The monoisotopic (exact) mass is 255 g/mol. The molecule has 0 aliphatic heterocycles. The summed E-state index contributed by atoms with van der Waals surface area (Å²) in [6.07, 6.45) is 6.42. The summed E-state index contributed by atoms with van der Waals surface area (Å²) in [5, 5.41) is 0.712. The minimum Gasteiger partial charge on any atom is -0.304 e. The van der Waals surface area contributed by atoms with E-state index in [-0.39, 0.29) is 0 Å². The van der Waals surface area contributed by atoms with Crippen LogP contribution in [0.3, 0.4) is 0 Å². The van der Waals surface area contributed by atoms with Gasteiger partial charge in [0, 0.05) is 4.88 Å². The summed E-state index contributed by atoms with van der Waals surface area (Å²) >= 11 is 1.61. The van der Waals surface area contributed by atoms with Crippen molar-refractivity contribution >= 4 is 11.3 Å². The third-order valence-electron chi connectivity index (χ3n) is 3.46. The highest BCUT2D eigenvalue weighted by molar-refractivity contribution is 7.10. The zero-order valence-electron chi connectivity index (χ0n) is 12.6. The van der Waals surface area contributed by atoms with Crippen LogP contribution < -0.4 is 0 Å². The van der Waals surface area contributed by atoms with E-state index in [0.29, 0.717) is 5.36 Å². The van der Waals surface area contributed by atoms with Crippen molar-refractivity contribution in [3.8, 4) is 0 Å². The summed E-state index contributed by atoms with van der Waals surface area (Å²) in [6.45, 7) is 10.2. The third-order valence-corrected chi connectivity index (χ3v) is 4.27. The molecular formula is C15H27NS. The number of nitrogens with zero attached hydrogens (tertiary/aromatic N) is 1. The van der Waals surface area contributed by atoms with Crippen molar-refractivity contribution < 1.29 is 1.37 Å². The van der Waals surface area contributed by atoms with Crippen molar-refractivity contribution in [2.45, 2.75) is 52.9 Å². The van der Waals surface area contributed by atoms with Gasteiger partial charge in [0.25, 0.3) is 0 Å². The van der Waals surface area contributed by atoms with E-state index in [0.717, 1.165) is 6.42 Å². The van der Waals surface area contributed by atoms with Gasteiger partial charge in [0.15, 0.2) is 0 Å². The first-order valence-corrected chi connectivity index (χ1v) is 7.77. The first-order valence-electron chi connectivity index (χ1n) is 7.45. The van der Waals surface area contributed by atoms with Gasteiger partial charge >= 0.3 is 0 Å². The molecule has 0 aliphatic carbocycles. The van der Waals surface area contributed by atoms with Gasteiger partial charge in [0.2, 0.25) is 0 Å². The number of rotatable bonds is 9. The largest absolute Gasteiger partial charge is 0.304 e. The SMILES string of the molecule is [3H]c1cc(CCCCCCN(CC)CC)c(C)s1. The fourth-order valence-electron chi connectivity index (χ4n) is 2.15. The van der Waals surface area contributed by atoms with E-state index in [9.17, 15) is 0 Å². The normalized spacial score (nSPS) is 12.1. The number of hydrogen-bond donors (Lipinski definition) is 0. The Bertz CT molecular complexity index is 331. The molecule has 0 bridgehead atoms. The Kier molecular flexibility index (Phi) is 6.71. The van der Waals surface area contributed by atoms with Gasteiger partial charge in [0.1, 0.15) is 0 Å². The maximum Gasteiger partial charge on any atom is 0.0740 e. The van der Waals surface area contributed by atoms with Crippen LogP contribution in [0.2, 0.25) is 0 Å². The molecule has 0 aromatic carbocycles. The van der Waals surface area contributed by atoms with E-state index in [2.05, 4.69) is 25.7 Å². The average Bonchev–Trinajstić information content (AvgIpc) is 2.67. The molecule has 1 aromatic heterocycles. The molecule has 1 heterocycles. The minimum absolute atomic E-state index is 0.712. The second kappa shape index (κ2) is 8.71. The Morgan fingerprint density at radius 1 is 1.18 bits per heavy atom. The van der Waals surface area contributed by atoms with Gasteiger partial charge in [-0.2, -0.15) is 0 Å². The lowest BCUT2D eigenvalue weighted by Crippen LogP contribution is -2.23. The summed E-state index contributed by atoms with van der Waals surface area (Å²) in [5.41, 5.74) is 1.40. The van der Waals surface area contributed by atoms with Crippen molar-refractivity contribution in [3.05, 3.63) is 21.9 Å². The van der Waals surface area contributed by atoms with E-state index in [1.54, 1.807) is 11.3 Å². The molecule has 0 amide bonds. The van der Waals surface area contributed by atoms with E-state index < -0.39 is 0 Å². The molecule has 17 heavy (non-hydrogen) atoms. The molecule has 0 radical (unpaired) electrons. The van der Waals surface area contributed by atoms with Crippen LogP contribution in [0, 0.1) is 6.92 Å². The van der Waals surface area contributed by atoms with Gasteiger partial charge < -0.3 is 4.90 Å². The maximum absolute atomic E-state index is 7.61. The van der Waals surface area contributed by atoms with Crippen molar-refractivity contribution in [1.82, 2.24) is 4.90 Å². The Labute approximate surface area is 112 Å². The fourth-order valence-corrected chi connectivity index (χ4v) is 2.82. The fraction of sp³-hybridized carbons (Fsp3) is 0.733. The number of hydrogen-bond acceptors (Lipinski definition) is 2. The minimum atomic E-state index is 0.712. The first kappa shape index (κ1) is 13.1. The van der Waals surface area contributed by atoms with E-state index in [4.69, 9.17) is 1.37 Å². The molecule has 2 heteroatoms. The number of aryl methyl sites for hydroxylation is 2. The number of thiophene rings is 1. The Morgan fingerprint density at radius 3 is 2.47 bits per heavy atom. The molecule has 0 saturated carbocycles. The van der Waals surface area contributed by atoms with Crippen LogP contribution in [-0.2, 0) is 6.42 Å². The van der Waals surface area contributed by atoms with E-state index in [1.807, 2.05) is 6.07 Å². The third kappa shape index (κ3) is 5.69. The average molecular weight is 255 g/mol. The van der Waals surface area contributed by atoms with Gasteiger partial charge in [-0.05, 0) is 62.8 Å². The second-order valence-corrected chi connectivity index (χ2v) is 5.69. The zero-order chi connectivity index (χ0) is 13.4. The van der Waals surface area contributed by atoms with Crippen LogP contribution in [0.4, 0.5) is 0 Å². The predicted octanol–water partition coefficient (Wildman–Crippen LogP) is 4.50. The molecule has 0 atom stereocenters. The van der Waals surface area contributed by atoms with Crippen LogP contribution >= 0.6 is 11.3 Å². The van der Waals surface area contributed by atoms with Crippen LogP contribution in [0.25, 0.3) is 0 Å². The maximum atomic E-state index is 7.61. The molecule has 0 spiro atoms. The van der Waals surface area contributed by atoms with Gasteiger partial charge in [-0.3, -0.25) is 0 Å². The smallest absolute Gasteiger partial charge is 0.0740 e. The summed E-state index contributed by atoms with van der Waals surface area (Å²) in [5.74, 6) is 0. The molecule has 1 nitrogen and oxygen atoms in total. The van der Waals surface area contributed by atoms with Gasteiger partial charge in [0.05, 0.1) is 1.37 Å². The van der Waals surface area contributed by atoms with Crippen LogP contribution in [0.1, 0.15) is 51.3 Å². The van der Waals surface area contributed by atoms with Gasteiger partial charge in [-0.25, -0.2) is 0 Å². The molecule has 0 aliphatic rings. The van der Waals surface area contributed by atoms with E-state index >= 15 is 0 Å². The van der Waals surface area contributed by atoms with Gasteiger partial charge in [-0.15, -0.1) is 11.3 Å². The van der Waals surface area contributed by atoms with Crippen molar-refractivity contribution in [1.29, 1.82) is 0 Å². The summed E-state index contributed by atoms with van der Waals surface area (Å²) in [4.78, 5) is 3.83. The van der Waals surface area contributed by atoms with E-state index in [1.165, 1.54) is 55.8 Å². The van der Waals surface area contributed by atoms with Gasteiger partial charge in [-0.1, -0.05) is 26.7 Å². The highest BCUT2D eigenvalue weighted by atomic mass is 32.1. The van der Waals surface area contributed by atoms with Crippen molar-refractivity contribution in [2.75, 3.05) is 19.6 Å². The van der Waals surface area contributed by atoms with Crippen molar-refractivity contribution in [2.24, 2.45) is 0 Å². The Morgan fingerprint density at radius 2 is 1.88 bits per heavy atom. The Balaban J connectivity index is 2.07. The number of unbranched alkanes of at least 4 members (excludes halogenated alkanes) is 3. The molecule has 0 saturated heterocycles. The molecule has 1 rings (SSSR count). The van der Waals surface area contributed by atoms with Crippen LogP contribution in [-0.4, -0.2) is 24.5 Å². The summed E-state index contributed by atoms with van der Waals surface area (Å²) in [6, 6.07) is 2.04. The predicted molar refractivity (Wildman–Crippen MR) is 79.0 cm³/mol. The molecular weight excluding hydrogens is 226 g/mol. The Hall–Kier alpha value is -0.340. The molecule has 1 aromatic rings. The van der Waals surface area contributed by atoms with Crippen molar-refractivity contribution in [3.63, 3.8) is 0 Å². The molecule has 0 N–H and O–H groups in total. The lowest BCUT2D eigenvalue weighted by molar-refractivity contribution is 0.295. The highest BCUT2D eigenvalue weighted by Gasteiger charge is 2.00. The lowest BCUT2D eigenvalue weighted by atomic mass is 10.1.